The number of amides is 2. The maximum Gasteiger partial charge on any atom is 0.255 e. The number of hydrogen-bond acceptors (Lipinski definition) is 5. The molecule has 158 valence electrons. The lowest BCUT2D eigenvalue weighted by Crippen LogP contribution is -2.56. The molecule has 4 rings (SSSR count). The number of phenolic OH excluding ortho intramolecular Hbond substituents is 1. The average molecular weight is 409 g/mol. The minimum atomic E-state index is -0.567. The third-order valence-corrected chi connectivity index (χ3v) is 6.33. The third-order valence-electron chi connectivity index (χ3n) is 6.33. The van der Waals surface area contributed by atoms with Gasteiger partial charge in [0.2, 0.25) is 5.91 Å². The number of aliphatic hydroxyl groups is 1. The van der Waals surface area contributed by atoms with Crippen molar-refractivity contribution in [3.63, 3.8) is 0 Å². The molecule has 2 fully saturated rings. The molecular formula is C23H27N3O4. The van der Waals surface area contributed by atoms with Gasteiger partial charge in [0, 0.05) is 44.1 Å². The molecule has 1 aromatic carbocycles. The molecule has 0 aliphatic carbocycles. The van der Waals surface area contributed by atoms with Gasteiger partial charge in [-0.15, -0.1) is 0 Å². The Bertz CT molecular complexity index is 910. The topological polar surface area (TPSA) is 94.0 Å². The zero-order valence-electron chi connectivity index (χ0n) is 16.9. The number of likely N-dealkylation sites (tertiary alicyclic amines) is 2. The highest BCUT2D eigenvalue weighted by Crippen LogP contribution is 2.40. The van der Waals surface area contributed by atoms with Crippen molar-refractivity contribution < 1.29 is 19.8 Å². The number of benzene rings is 1. The summed E-state index contributed by atoms with van der Waals surface area (Å²) < 4.78 is 0. The number of carbonyl (C=O) groups excluding carboxylic acids is 2. The van der Waals surface area contributed by atoms with Gasteiger partial charge in [-0.3, -0.25) is 14.6 Å². The summed E-state index contributed by atoms with van der Waals surface area (Å²) in [7, 11) is 0. The quantitative estimate of drug-likeness (QED) is 0.807. The number of aromatic nitrogens is 1. The van der Waals surface area contributed by atoms with E-state index in [1.165, 1.54) is 0 Å². The summed E-state index contributed by atoms with van der Waals surface area (Å²) >= 11 is 0. The van der Waals surface area contributed by atoms with E-state index in [0.29, 0.717) is 43.7 Å². The van der Waals surface area contributed by atoms with Gasteiger partial charge in [-0.05, 0) is 42.9 Å². The Hall–Kier alpha value is -2.93. The monoisotopic (exact) mass is 409 g/mol. The first-order chi connectivity index (χ1) is 14.5. The molecule has 30 heavy (non-hydrogen) atoms. The van der Waals surface area contributed by atoms with Crippen LogP contribution in [0.1, 0.15) is 35.2 Å². The fourth-order valence-corrected chi connectivity index (χ4v) is 4.71. The van der Waals surface area contributed by atoms with Gasteiger partial charge in [0.15, 0.2) is 0 Å². The second-order valence-electron chi connectivity index (χ2n) is 8.47. The summed E-state index contributed by atoms with van der Waals surface area (Å²) in [5.74, 6) is 0.0181. The van der Waals surface area contributed by atoms with Crippen LogP contribution in [0.2, 0.25) is 0 Å². The van der Waals surface area contributed by atoms with Gasteiger partial charge in [0.05, 0.1) is 18.1 Å². The first-order valence-corrected chi connectivity index (χ1v) is 10.4. The highest BCUT2D eigenvalue weighted by molar-refractivity contribution is 5.94. The van der Waals surface area contributed by atoms with E-state index in [0.717, 1.165) is 12.8 Å². The summed E-state index contributed by atoms with van der Waals surface area (Å²) in [5, 5.41) is 20.4. The number of phenols is 1. The Kier molecular flexibility index (Phi) is 5.72. The summed E-state index contributed by atoms with van der Waals surface area (Å²) in [5.41, 5.74) is 0.974. The predicted octanol–water partition coefficient (Wildman–Crippen LogP) is 1.85. The zero-order chi connectivity index (χ0) is 21.1. The molecule has 1 aromatic heterocycles. The highest BCUT2D eigenvalue weighted by Gasteiger charge is 2.43. The average Bonchev–Trinajstić information content (AvgIpc) is 2.75. The fraction of sp³-hybridized carbons (Fsp3) is 0.435. The van der Waals surface area contributed by atoms with Gasteiger partial charge in [-0.1, -0.05) is 18.2 Å². The van der Waals surface area contributed by atoms with Gasteiger partial charge in [0.25, 0.3) is 5.91 Å². The summed E-state index contributed by atoms with van der Waals surface area (Å²) in [6, 6.07) is 10.4. The normalized spacial score (nSPS) is 20.9. The molecule has 2 saturated heterocycles. The molecule has 7 nitrogen and oxygen atoms in total. The van der Waals surface area contributed by atoms with Gasteiger partial charge in [0.1, 0.15) is 5.75 Å². The van der Waals surface area contributed by atoms with Crippen LogP contribution in [-0.4, -0.2) is 69.1 Å². The fourth-order valence-electron chi connectivity index (χ4n) is 4.71. The maximum absolute atomic E-state index is 12.9. The number of aromatic hydroxyl groups is 1. The van der Waals surface area contributed by atoms with Crippen LogP contribution in [0.3, 0.4) is 0 Å². The van der Waals surface area contributed by atoms with Crippen molar-refractivity contribution in [2.24, 2.45) is 5.41 Å². The predicted molar refractivity (Wildman–Crippen MR) is 111 cm³/mol. The maximum atomic E-state index is 12.9. The second-order valence-corrected chi connectivity index (χ2v) is 8.47. The molecule has 2 aliphatic rings. The lowest BCUT2D eigenvalue weighted by molar-refractivity contribution is -0.134. The van der Waals surface area contributed by atoms with Crippen LogP contribution in [0.25, 0.3) is 0 Å². The lowest BCUT2D eigenvalue weighted by atomic mass is 9.71. The van der Waals surface area contributed by atoms with Crippen LogP contribution < -0.4 is 0 Å². The van der Waals surface area contributed by atoms with E-state index in [1.807, 2.05) is 11.0 Å². The van der Waals surface area contributed by atoms with E-state index in [2.05, 4.69) is 4.98 Å². The van der Waals surface area contributed by atoms with Crippen LogP contribution in [0, 0.1) is 5.41 Å². The minimum Gasteiger partial charge on any atom is -0.508 e. The van der Waals surface area contributed by atoms with Crippen molar-refractivity contribution in [1.82, 2.24) is 14.8 Å². The van der Waals surface area contributed by atoms with Crippen molar-refractivity contribution >= 4 is 11.8 Å². The Balaban J connectivity index is 1.39. The van der Waals surface area contributed by atoms with Crippen LogP contribution in [0.4, 0.5) is 0 Å². The minimum absolute atomic E-state index is 0.00833. The van der Waals surface area contributed by atoms with Crippen molar-refractivity contribution in [1.29, 1.82) is 0 Å². The molecule has 3 heterocycles. The van der Waals surface area contributed by atoms with Gasteiger partial charge in [-0.2, -0.15) is 0 Å². The van der Waals surface area contributed by atoms with Gasteiger partial charge >= 0.3 is 0 Å². The number of nitrogens with zero attached hydrogens (tertiary/aromatic N) is 3. The number of para-hydroxylation sites is 1. The van der Waals surface area contributed by atoms with Crippen LogP contribution in [-0.2, 0) is 11.2 Å². The third kappa shape index (κ3) is 4.31. The summed E-state index contributed by atoms with van der Waals surface area (Å²) in [4.78, 5) is 33.1. The molecule has 1 atom stereocenters. The molecule has 1 spiro atoms. The smallest absolute Gasteiger partial charge is 0.255 e. The Labute approximate surface area is 176 Å². The van der Waals surface area contributed by atoms with Crippen molar-refractivity contribution in [2.45, 2.75) is 31.8 Å². The molecule has 2 amide bonds. The second kappa shape index (κ2) is 8.44. The highest BCUT2D eigenvalue weighted by atomic mass is 16.3. The zero-order valence-corrected chi connectivity index (χ0v) is 16.9. The molecule has 2 aromatic rings. The van der Waals surface area contributed by atoms with E-state index in [-0.39, 0.29) is 29.4 Å². The molecule has 2 aliphatic heterocycles. The number of carbonyl (C=O) groups is 2. The number of hydrogen-bond donors (Lipinski definition) is 2. The molecule has 1 unspecified atom stereocenters. The SMILES string of the molecule is O=C(Cc1ccccc1O)N1CCC2(CC1)CC(O)CN(C(=O)c1cccnc1)C2. The number of piperidine rings is 2. The molecular weight excluding hydrogens is 382 g/mol. The van der Waals surface area contributed by atoms with Crippen molar-refractivity contribution in [2.75, 3.05) is 26.2 Å². The number of β-amino-alcohol motifs (C(OH)–C–C–N with tert-alkyl or cyclic N) is 1. The van der Waals surface area contributed by atoms with Crippen LogP contribution in [0.15, 0.2) is 48.8 Å². The molecule has 2 N–H and O–H groups in total. The summed E-state index contributed by atoms with van der Waals surface area (Å²) in [6.07, 6.45) is 4.92. The van der Waals surface area contributed by atoms with Crippen LogP contribution >= 0.6 is 0 Å². The standard InChI is InChI=1S/C23H27N3O4/c27-19-13-23(16-26(15-19)22(30)18-5-3-9-24-14-18)7-10-25(11-8-23)21(29)12-17-4-1-2-6-20(17)28/h1-6,9,14,19,27-28H,7-8,10-13,15-16H2. The first kappa shape index (κ1) is 20.3. The lowest BCUT2D eigenvalue weighted by Gasteiger charge is -2.49. The Morgan fingerprint density at radius 3 is 2.57 bits per heavy atom. The van der Waals surface area contributed by atoms with E-state index >= 15 is 0 Å². The first-order valence-electron chi connectivity index (χ1n) is 10.4. The number of aliphatic hydroxyl groups excluding tert-OH is 1. The van der Waals surface area contributed by atoms with Crippen molar-refractivity contribution in [3.05, 3.63) is 59.9 Å². The van der Waals surface area contributed by atoms with Gasteiger partial charge < -0.3 is 20.0 Å². The summed E-state index contributed by atoms with van der Waals surface area (Å²) in [6.45, 7) is 2.09. The number of pyridine rings is 1. The Morgan fingerprint density at radius 2 is 1.87 bits per heavy atom. The van der Waals surface area contributed by atoms with E-state index < -0.39 is 6.10 Å². The largest absolute Gasteiger partial charge is 0.508 e. The molecule has 0 bridgehead atoms. The van der Waals surface area contributed by atoms with Crippen molar-refractivity contribution in [3.8, 4) is 5.75 Å². The molecule has 0 saturated carbocycles. The number of rotatable bonds is 3. The van der Waals surface area contributed by atoms with Gasteiger partial charge in [-0.25, -0.2) is 0 Å². The van der Waals surface area contributed by atoms with Crippen LogP contribution in [0.5, 0.6) is 5.75 Å². The Morgan fingerprint density at radius 1 is 1.10 bits per heavy atom. The van der Waals surface area contributed by atoms with E-state index in [1.54, 1.807) is 47.6 Å². The van der Waals surface area contributed by atoms with E-state index in [4.69, 9.17) is 0 Å². The molecule has 7 heteroatoms. The molecule has 0 radical (unpaired) electrons. The van der Waals surface area contributed by atoms with E-state index in [9.17, 15) is 19.8 Å².